The Bertz CT molecular complexity index is 2220. The van der Waals surface area contributed by atoms with E-state index >= 15 is 8.78 Å². The smallest absolute Gasteiger partial charge is 0.410 e. The summed E-state index contributed by atoms with van der Waals surface area (Å²) in [6.45, 7) is 9.09. The minimum atomic E-state index is -0.958. The zero-order chi connectivity index (χ0) is 39.1. The summed E-state index contributed by atoms with van der Waals surface area (Å²) >= 11 is 0. The minimum Gasteiger partial charge on any atom is -0.475 e. The second-order valence-corrected chi connectivity index (χ2v) is 16.7. The fourth-order valence-corrected chi connectivity index (χ4v) is 9.78. The molecule has 5 aliphatic rings. The SMILES string of the molecule is CCc1c(F)ccc2cc(OCOC)cc(-c3nc4c5c(nc(OC[C@@]67CCCN6C[C@H](F)C7)nc5c3F)N3C[C@@H]5CC[C@H]([C@H]3CO4)N5C(=O)OC(C)(C)C)c12. The van der Waals surface area contributed by atoms with Crippen molar-refractivity contribution < 1.29 is 41.7 Å². The lowest BCUT2D eigenvalue weighted by molar-refractivity contribution is 0.00537. The van der Waals surface area contributed by atoms with Crippen LogP contribution >= 0.6 is 0 Å². The molecule has 9 rings (SSSR count). The molecule has 0 saturated carbocycles. The topological polar surface area (TPSA) is 112 Å². The molecule has 4 saturated heterocycles. The summed E-state index contributed by atoms with van der Waals surface area (Å²) in [5.41, 5.74) is -0.665. The predicted molar refractivity (Wildman–Crippen MR) is 202 cm³/mol. The molecule has 0 N–H and O–H groups in total. The van der Waals surface area contributed by atoms with Crippen molar-refractivity contribution in [1.29, 1.82) is 0 Å². The van der Waals surface area contributed by atoms with E-state index in [1.54, 1.807) is 18.2 Å². The minimum absolute atomic E-state index is 0.0528. The van der Waals surface area contributed by atoms with Gasteiger partial charge in [0, 0.05) is 32.2 Å². The van der Waals surface area contributed by atoms with Gasteiger partial charge in [-0.3, -0.25) is 9.80 Å². The summed E-state index contributed by atoms with van der Waals surface area (Å²) in [6, 6.07) is 5.50. The van der Waals surface area contributed by atoms with E-state index in [4.69, 9.17) is 38.6 Å². The molecule has 56 heavy (non-hydrogen) atoms. The van der Waals surface area contributed by atoms with Gasteiger partial charge in [-0.25, -0.2) is 22.9 Å². The van der Waals surface area contributed by atoms with Crippen LogP contribution in [0, 0.1) is 11.6 Å². The van der Waals surface area contributed by atoms with Gasteiger partial charge in [-0.1, -0.05) is 13.0 Å². The number of carbonyl (C=O) groups excluding carboxylic acids is 1. The Hall–Kier alpha value is -4.63. The third kappa shape index (κ3) is 6.12. The molecule has 0 unspecified atom stereocenters. The highest BCUT2D eigenvalue weighted by molar-refractivity contribution is 6.03. The molecule has 2 aromatic carbocycles. The van der Waals surface area contributed by atoms with Crippen molar-refractivity contribution in [2.75, 3.05) is 51.7 Å². The monoisotopic (exact) mass is 776 g/mol. The van der Waals surface area contributed by atoms with Gasteiger partial charge in [0.25, 0.3) is 0 Å². The van der Waals surface area contributed by atoms with Crippen LogP contribution in [-0.2, 0) is 15.9 Å². The van der Waals surface area contributed by atoms with Crippen molar-refractivity contribution >= 4 is 33.6 Å². The maximum atomic E-state index is 17.6. The van der Waals surface area contributed by atoms with Gasteiger partial charge >= 0.3 is 12.1 Å². The summed E-state index contributed by atoms with van der Waals surface area (Å²) in [7, 11) is 1.50. The Morgan fingerprint density at radius 3 is 2.68 bits per heavy atom. The molecule has 1 amide bonds. The van der Waals surface area contributed by atoms with E-state index in [1.165, 1.54) is 13.2 Å². The van der Waals surface area contributed by atoms with Crippen LogP contribution in [0.25, 0.3) is 32.9 Å². The number of piperazine rings is 1. The largest absolute Gasteiger partial charge is 0.475 e. The number of aryl methyl sites for hydroxylation is 1. The van der Waals surface area contributed by atoms with Crippen LogP contribution in [0.2, 0.25) is 0 Å². The van der Waals surface area contributed by atoms with Gasteiger partial charge in [0.2, 0.25) is 5.88 Å². The standard InChI is InChI=1S/C41H47F3N6O6/c1-6-26-28(43)10-8-22-14-25(55-21-52-5)15-27(31(22)26)34-33(44)35-32-36(47-38(46-35)54-20-41-12-7-13-48(41)17-23(42)16-41)49-18-24-9-11-29(30(49)19-53-37(32)45-34)50(24)39(51)56-40(2,3)4/h8,10,14-15,23-24,29-30H,6-7,9,11-13,16-21H2,1-5H3/t23-,24+,29-,30-,41+/m1/s1. The molecule has 4 fully saturated rings. The Morgan fingerprint density at radius 1 is 1.05 bits per heavy atom. The van der Waals surface area contributed by atoms with Crippen LogP contribution in [0.15, 0.2) is 24.3 Å². The van der Waals surface area contributed by atoms with Gasteiger partial charge in [0.05, 0.1) is 23.7 Å². The molecule has 4 aromatic rings. The van der Waals surface area contributed by atoms with E-state index in [9.17, 15) is 9.18 Å². The summed E-state index contributed by atoms with van der Waals surface area (Å²) in [4.78, 5) is 34.1. The highest BCUT2D eigenvalue weighted by Crippen LogP contribution is 2.47. The van der Waals surface area contributed by atoms with E-state index in [-0.39, 0.29) is 72.7 Å². The van der Waals surface area contributed by atoms with Crippen molar-refractivity contribution in [2.24, 2.45) is 0 Å². The van der Waals surface area contributed by atoms with Crippen LogP contribution in [-0.4, -0.2) is 113 Å². The number of hydrogen-bond donors (Lipinski definition) is 0. The van der Waals surface area contributed by atoms with E-state index in [0.29, 0.717) is 65.8 Å². The maximum Gasteiger partial charge on any atom is 0.410 e. The van der Waals surface area contributed by atoms with Gasteiger partial charge in [0.1, 0.15) is 59.0 Å². The van der Waals surface area contributed by atoms with E-state index in [1.807, 2.05) is 32.6 Å². The lowest BCUT2D eigenvalue weighted by atomic mass is 9.94. The number of aromatic nitrogens is 3. The van der Waals surface area contributed by atoms with Crippen molar-refractivity contribution in [3.63, 3.8) is 0 Å². The number of amides is 1. The number of pyridine rings is 1. The van der Waals surface area contributed by atoms with Crippen LogP contribution in [0.1, 0.15) is 65.4 Å². The average Bonchev–Trinajstić information content (AvgIpc) is 3.76. The molecule has 12 nitrogen and oxygen atoms in total. The number of alkyl halides is 1. The molecular weight excluding hydrogens is 729 g/mol. The summed E-state index contributed by atoms with van der Waals surface area (Å²) < 4.78 is 77.5. The molecular formula is C41H47F3N6O6. The summed E-state index contributed by atoms with van der Waals surface area (Å²) in [6.07, 6.45) is 2.50. The third-order valence-electron chi connectivity index (χ3n) is 12.1. The molecule has 0 aliphatic carbocycles. The van der Waals surface area contributed by atoms with Gasteiger partial charge in [-0.15, -0.1) is 0 Å². The highest BCUT2D eigenvalue weighted by Gasteiger charge is 2.52. The van der Waals surface area contributed by atoms with E-state index in [2.05, 4.69) is 9.80 Å². The molecule has 15 heteroatoms. The summed E-state index contributed by atoms with van der Waals surface area (Å²) in [5.74, 6) is -0.320. The average molecular weight is 777 g/mol. The number of fused-ring (bicyclic) bond motifs is 7. The van der Waals surface area contributed by atoms with Crippen LogP contribution < -0.4 is 19.1 Å². The first kappa shape index (κ1) is 37.0. The maximum absolute atomic E-state index is 17.6. The molecule has 5 atom stereocenters. The van der Waals surface area contributed by atoms with Crippen molar-refractivity contribution in [3.8, 4) is 28.9 Å². The van der Waals surface area contributed by atoms with Crippen molar-refractivity contribution in [2.45, 2.75) is 102 Å². The van der Waals surface area contributed by atoms with Gasteiger partial charge in [-0.05, 0) is 94.0 Å². The van der Waals surface area contributed by atoms with Crippen molar-refractivity contribution in [1.82, 2.24) is 24.8 Å². The molecule has 2 aromatic heterocycles. The normalized spacial score (nSPS) is 25.6. The van der Waals surface area contributed by atoms with Crippen LogP contribution in [0.4, 0.5) is 23.8 Å². The Balaban J connectivity index is 1.21. The molecule has 7 heterocycles. The molecule has 298 valence electrons. The van der Waals surface area contributed by atoms with E-state index < -0.39 is 28.9 Å². The second-order valence-electron chi connectivity index (χ2n) is 16.7. The molecule has 0 radical (unpaired) electrons. The Kier molecular flexibility index (Phi) is 9.10. The number of benzene rings is 2. The molecule has 0 spiro atoms. The van der Waals surface area contributed by atoms with Gasteiger partial charge < -0.3 is 28.6 Å². The number of ether oxygens (including phenoxy) is 5. The van der Waals surface area contributed by atoms with Crippen LogP contribution in [0.3, 0.4) is 0 Å². The highest BCUT2D eigenvalue weighted by atomic mass is 19.1. The second kappa shape index (κ2) is 13.8. The zero-order valence-electron chi connectivity index (χ0n) is 32.4. The number of rotatable bonds is 8. The first-order valence-electron chi connectivity index (χ1n) is 19.6. The molecule has 5 aliphatic heterocycles. The fraction of sp³-hybridized carbons (Fsp3) is 0.561. The van der Waals surface area contributed by atoms with Gasteiger partial charge in [0.15, 0.2) is 12.6 Å². The van der Waals surface area contributed by atoms with Gasteiger partial charge in [-0.2, -0.15) is 9.97 Å². The number of nitrogens with zero attached hydrogens (tertiary/aromatic N) is 6. The zero-order valence-corrected chi connectivity index (χ0v) is 32.4. The Labute approximate surface area is 323 Å². The quantitative estimate of drug-likeness (QED) is 0.173. The lowest BCUT2D eigenvalue weighted by Crippen LogP contribution is -2.63. The third-order valence-corrected chi connectivity index (χ3v) is 12.1. The first-order valence-corrected chi connectivity index (χ1v) is 19.6. The molecule has 2 bridgehead atoms. The number of anilines is 1. The fourth-order valence-electron chi connectivity index (χ4n) is 9.78. The van der Waals surface area contributed by atoms with Crippen molar-refractivity contribution in [3.05, 3.63) is 41.5 Å². The number of methoxy groups -OCH3 is 1. The summed E-state index contributed by atoms with van der Waals surface area (Å²) in [5, 5.41) is 1.39. The number of halogens is 3. The predicted octanol–water partition coefficient (Wildman–Crippen LogP) is 6.97. The number of carbonyl (C=O) groups is 1. The van der Waals surface area contributed by atoms with Crippen LogP contribution in [0.5, 0.6) is 17.6 Å². The van der Waals surface area contributed by atoms with E-state index in [0.717, 1.165) is 25.8 Å². The first-order chi connectivity index (χ1) is 26.9. The Morgan fingerprint density at radius 2 is 1.89 bits per heavy atom. The lowest BCUT2D eigenvalue weighted by Gasteiger charge is -2.46. The number of hydrogen-bond acceptors (Lipinski definition) is 11.